The second-order valence-electron chi connectivity index (χ2n) is 6.82. The van der Waals surface area contributed by atoms with Gasteiger partial charge in [-0.3, -0.25) is 0 Å². The highest BCUT2D eigenvalue weighted by Crippen LogP contribution is 2.24. The first kappa shape index (κ1) is 16.5. The summed E-state index contributed by atoms with van der Waals surface area (Å²) in [6, 6.07) is 12.2. The van der Waals surface area contributed by atoms with Gasteiger partial charge in [0.05, 0.1) is 0 Å². The van der Waals surface area contributed by atoms with Crippen LogP contribution < -0.4 is 5.32 Å². The molecule has 2 heteroatoms. The largest absolute Gasteiger partial charge is 0.307 e. The van der Waals surface area contributed by atoms with Gasteiger partial charge in [-0.05, 0) is 56.8 Å². The molecule has 21 heavy (non-hydrogen) atoms. The molecule has 0 saturated carbocycles. The predicted octanol–water partition coefficient (Wildman–Crippen LogP) is 4.24. The monoisotopic (exact) mass is 288 g/mol. The summed E-state index contributed by atoms with van der Waals surface area (Å²) in [5.41, 5.74) is 1.45. The lowest BCUT2D eigenvalue weighted by molar-refractivity contribution is 0.293. The Bertz CT molecular complexity index is 388. The van der Waals surface area contributed by atoms with E-state index in [2.05, 4.69) is 61.3 Å². The zero-order chi connectivity index (χ0) is 15.1. The molecule has 0 amide bonds. The minimum atomic E-state index is 0.504. The molecule has 118 valence electrons. The Balaban J connectivity index is 1.98. The van der Waals surface area contributed by atoms with E-state index in [1.54, 1.807) is 0 Å². The molecule has 1 N–H and O–H groups in total. The molecule has 2 rings (SSSR count). The molecule has 0 bridgehead atoms. The van der Waals surface area contributed by atoms with Gasteiger partial charge in [-0.1, -0.05) is 51.1 Å². The molecule has 1 heterocycles. The Hall–Kier alpha value is -0.860. The summed E-state index contributed by atoms with van der Waals surface area (Å²) >= 11 is 0. The van der Waals surface area contributed by atoms with Crippen molar-refractivity contribution in [2.75, 3.05) is 19.6 Å². The van der Waals surface area contributed by atoms with Crippen LogP contribution in [-0.2, 0) is 0 Å². The first-order valence-electron chi connectivity index (χ1n) is 8.72. The van der Waals surface area contributed by atoms with Crippen LogP contribution in [0.4, 0.5) is 0 Å². The molecular weight excluding hydrogens is 256 g/mol. The van der Waals surface area contributed by atoms with Crippen molar-refractivity contribution in [3.05, 3.63) is 35.9 Å². The molecule has 2 nitrogen and oxygen atoms in total. The van der Waals surface area contributed by atoms with Gasteiger partial charge >= 0.3 is 0 Å². The van der Waals surface area contributed by atoms with Crippen LogP contribution in [0.25, 0.3) is 0 Å². The Morgan fingerprint density at radius 2 is 1.90 bits per heavy atom. The highest BCUT2D eigenvalue weighted by Gasteiger charge is 2.20. The minimum absolute atomic E-state index is 0.504. The lowest BCUT2D eigenvalue weighted by Crippen LogP contribution is -2.34. The molecule has 0 radical (unpaired) electrons. The quantitative estimate of drug-likeness (QED) is 0.842. The Labute approximate surface area is 130 Å². The van der Waals surface area contributed by atoms with E-state index in [1.807, 2.05) is 0 Å². The van der Waals surface area contributed by atoms with E-state index in [1.165, 1.54) is 50.9 Å². The van der Waals surface area contributed by atoms with Crippen molar-refractivity contribution in [1.29, 1.82) is 0 Å². The van der Waals surface area contributed by atoms with Crippen molar-refractivity contribution in [1.82, 2.24) is 10.2 Å². The van der Waals surface area contributed by atoms with Crippen molar-refractivity contribution in [2.24, 2.45) is 5.92 Å². The molecule has 1 saturated heterocycles. The zero-order valence-corrected chi connectivity index (χ0v) is 14.0. The van der Waals surface area contributed by atoms with Gasteiger partial charge in [-0.2, -0.15) is 0 Å². The van der Waals surface area contributed by atoms with Gasteiger partial charge in [-0.25, -0.2) is 0 Å². The summed E-state index contributed by atoms with van der Waals surface area (Å²) in [7, 11) is 0. The zero-order valence-electron chi connectivity index (χ0n) is 14.0. The van der Waals surface area contributed by atoms with E-state index in [9.17, 15) is 0 Å². The third kappa shape index (κ3) is 5.44. The maximum Gasteiger partial charge on any atom is 0.0325 e. The summed E-state index contributed by atoms with van der Waals surface area (Å²) in [6.45, 7) is 10.6. The molecule has 1 aliphatic rings. The first-order chi connectivity index (χ1) is 10.2. The molecule has 0 spiro atoms. The van der Waals surface area contributed by atoms with Crippen molar-refractivity contribution >= 4 is 0 Å². The Morgan fingerprint density at radius 1 is 1.14 bits per heavy atom. The highest BCUT2D eigenvalue weighted by molar-refractivity contribution is 5.19. The summed E-state index contributed by atoms with van der Waals surface area (Å²) in [4.78, 5) is 2.58. The third-order valence-corrected chi connectivity index (χ3v) is 4.61. The summed E-state index contributed by atoms with van der Waals surface area (Å²) in [6.07, 6.45) is 5.15. The Morgan fingerprint density at radius 3 is 2.57 bits per heavy atom. The number of nitrogens with zero attached hydrogens (tertiary/aromatic N) is 1. The van der Waals surface area contributed by atoms with Crippen molar-refractivity contribution in [2.45, 2.75) is 58.5 Å². The fourth-order valence-electron chi connectivity index (χ4n) is 3.38. The normalized spacial score (nSPS) is 22.2. The van der Waals surface area contributed by atoms with Crippen LogP contribution in [0.1, 0.15) is 58.1 Å². The van der Waals surface area contributed by atoms with E-state index in [4.69, 9.17) is 0 Å². The molecule has 1 aromatic carbocycles. The molecule has 1 aliphatic heterocycles. The lowest BCUT2D eigenvalue weighted by Gasteiger charge is -2.27. The van der Waals surface area contributed by atoms with Crippen LogP contribution in [0, 0.1) is 5.92 Å². The van der Waals surface area contributed by atoms with E-state index < -0.39 is 0 Å². The molecule has 2 unspecified atom stereocenters. The summed E-state index contributed by atoms with van der Waals surface area (Å²) in [5, 5.41) is 3.96. The second-order valence-corrected chi connectivity index (χ2v) is 6.82. The molecular formula is C19H32N2. The number of nitrogens with one attached hydrogen (secondary N) is 1. The standard InChI is InChI=1S/C19H32N2/c1-4-21-13-8-11-18(12-14-21)20-19(15-16(2)3)17-9-6-5-7-10-17/h5-7,9-10,16,18-20H,4,8,11-15H2,1-3H3. The Kier molecular flexibility index (Phi) is 6.72. The SMILES string of the molecule is CCN1CCCC(NC(CC(C)C)c2ccccc2)CC1. The van der Waals surface area contributed by atoms with Crippen molar-refractivity contribution in [3.63, 3.8) is 0 Å². The number of benzene rings is 1. The van der Waals surface area contributed by atoms with Gasteiger partial charge in [0, 0.05) is 12.1 Å². The molecule has 0 aliphatic carbocycles. The van der Waals surface area contributed by atoms with Gasteiger partial charge in [0.1, 0.15) is 0 Å². The maximum absolute atomic E-state index is 3.96. The summed E-state index contributed by atoms with van der Waals surface area (Å²) < 4.78 is 0. The van der Waals surface area contributed by atoms with Crippen LogP contribution >= 0.6 is 0 Å². The number of hydrogen-bond donors (Lipinski definition) is 1. The van der Waals surface area contributed by atoms with Crippen LogP contribution in [0.15, 0.2) is 30.3 Å². The van der Waals surface area contributed by atoms with Crippen LogP contribution in [0.2, 0.25) is 0 Å². The average molecular weight is 288 g/mol. The minimum Gasteiger partial charge on any atom is -0.307 e. The smallest absolute Gasteiger partial charge is 0.0325 e. The molecule has 1 aromatic rings. The maximum atomic E-state index is 3.96. The van der Waals surface area contributed by atoms with Crippen molar-refractivity contribution < 1.29 is 0 Å². The van der Waals surface area contributed by atoms with Gasteiger partial charge in [0.25, 0.3) is 0 Å². The number of likely N-dealkylation sites (tertiary alicyclic amines) is 1. The van der Waals surface area contributed by atoms with Crippen molar-refractivity contribution in [3.8, 4) is 0 Å². The average Bonchev–Trinajstić information content (AvgIpc) is 2.72. The number of hydrogen-bond acceptors (Lipinski definition) is 2. The van der Waals surface area contributed by atoms with Crippen LogP contribution in [-0.4, -0.2) is 30.6 Å². The molecule has 2 atom stereocenters. The highest BCUT2D eigenvalue weighted by atomic mass is 15.1. The van der Waals surface area contributed by atoms with E-state index in [0.717, 1.165) is 5.92 Å². The first-order valence-corrected chi connectivity index (χ1v) is 8.72. The van der Waals surface area contributed by atoms with E-state index >= 15 is 0 Å². The fraction of sp³-hybridized carbons (Fsp3) is 0.684. The lowest BCUT2D eigenvalue weighted by atomic mass is 9.95. The summed E-state index contributed by atoms with van der Waals surface area (Å²) in [5.74, 6) is 0.723. The van der Waals surface area contributed by atoms with Gasteiger partial charge in [0.2, 0.25) is 0 Å². The van der Waals surface area contributed by atoms with Crippen LogP contribution in [0.5, 0.6) is 0 Å². The van der Waals surface area contributed by atoms with E-state index in [-0.39, 0.29) is 0 Å². The fourth-order valence-corrected chi connectivity index (χ4v) is 3.38. The van der Waals surface area contributed by atoms with Gasteiger partial charge in [-0.15, -0.1) is 0 Å². The predicted molar refractivity (Wildman–Crippen MR) is 91.5 cm³/mol. The van der Waals surface area contributed by atoms with Gasteiger partial charge < -0.3 is 10.2 Å². The third-order valence-electron chi connectivity index (χ3n) is 4.61. The van der Waals surface area contributed by atoms with E-state index in [0.29, 0.717) is 12.1 Å². The molecule has 0 aromatic heterocycles. The van der Waals surface area contributed by atoms with Crippen LogP contribution in [0.3, 0.4) is 0 Å². The topological polar surface area (TPSA) is 15.3 Å². The second kappa shape index (κ2) is 8.55. The molecule has 1 fully saturated rings. The van der Waals surface area contributed by atoms with Gasteiger partial charge in [0.15, 0.2) is 0 Å². The number of rotatable bonds is 6.